The van der Waals surface area contributed by atoms with Gasteiger partial charge in [0.2, 0.25) is 0 Å². The maximum absolute atomic E-state index is 13.0. The van der Waals surface area contributed by atoms with Gasteiger partial charge in [0.1, 0.15) is 0 Å². The van der Waals surface area contributed by atoms with Crippen molar-refractivity contribution in [3.05, 3.63) is 40.6 Å². The number of carbonyl (C=O) groups is 1. The van der Waals surface area contributed by atoms with Gasteiger partial charge in [0.25, 0.3) is 0 Å². The van der Waals surface area contributed by atoms with E-state index in [1.165, 1.54) is 16.8 Å². The third kappa shape index (κ3) is 7.06. The number of nitrogens with zero attached hydrogens (tertiary/aromatic N) is 2. The van der Waals surface area contributed by atoms with Crippen LogP contribution in [0.1, 0.15) is 82.8 Å². The minimum absolute atomic E-state index is 0.0866. The number of aliphatic imine (C=N–C) groups is 1. The van der Waals surface area contributed by atoms with Gasteiger partial charge in [-0.05, 0) is 114 Å². The largest absolute Gasteiger partial charge is 0.396 e. The van der Waals surface area contributed by atoms with Crippen LogP contribution in [-0.2, 0) is 14.3 Å². The number of aryl methyl sites for hydroxylation is 1. The van der Waals surface area contributed by atoms with E-state index in [9.17, 15) is 4.79 Å². The van der Waals surface area contributed by atoms with E-state index in [2.05, 4.69) is 50.8 Å². The van der Waals surface area contributed by atoms with Gasteiger partial charge in [-0.25, -0.2) is 0 Å². The Labute approximate surface area is 230 Å². The molecule has 0 amide bonds. The molecular weight excluding hydrogens is 474 g/mol. The maximum Gasteiger partial charge on any atom is 0.178 e. The number of hydrogen-bond donors (Lipinski definition) is 1. The van der Waals surface area contributed by atoms with Crippen LogP contribution in [0.3, 0.4) is 0 Å². The summed E-state index contributed by atoms with van der Waals surface area (Å²) in [6, 6.07) is 6.59. The zero-order valence-electron chi connectivity index (χ0n) is 24.3. The second-order valence-electron chi connectivity index (χ2n) is 11.9. The zero-order valence-corrected chi connectivity index (χ0v) is 24.3. The van der Waals surface area contributed by atoms with Crippen molar-refractivity contribution in [1.82, 2.24) is 0 Å². The standard InChI is InChI=1S/C32H49N3O3/c1-21-8-6-11-29(24(21)4)35-16-14-26(15-17-35)31(37-5)20-34-28-10-7-9-27(28)32(33)30(36)13-12-25-18-22(2)38-23(3)19-25/h6,8,11,22-23,25-26,31H,7,9-10,12-20,33H2,1-5H3/b32-27-,34-28?/t22-,23+,25?,31?. The summed E-state index contributed by atoms with van der Waals surface area (Å²) in [4.78, 5) is 20.5. The Morgan fingerprint density at radius 3 is 2.55 bits per heavy atom. The molecule has 2 saturated heterocycles. The number of Topliss-reactive ketones (excluding diaryl/α,β-unsaturated/α-hetero) is 1. The van der Waals surface area contributed by atoms with Crippen LogP contribution < -0.4 is 10.6 Å². The molecule has 2 unspecified atom stereocenters. The molecule has 3 aliphatic rings. The highest BCUT2D eigenvalue weighted by molar-refractivity contribution is 6.09. The predicted octanol–water partition coefficient (Wildman–Crippen LogP) is 5.93. The molecule has 6 heteroatoms. The summed E-state index contributed by atoms with van der Waals surface area (Å²) in [5, 5.41) is 0. The first-order valence-corrected chi connectivity index (χ1v) is 14.8. The monoisotopic (exact) mass is 523 g/mol. The number of carbonyl (C=O) groups excluding carboxylic acids is 1. The summed E-state index contributed by atoms with van der Waals surface area (Å²) in [6.45, 7) is 11.4. The van der Waals surface area contributed by atoms with Crippen molar-refractivity contribution in [2.75, 3.05) is 31.6 Å². The molecule has 0 spiro atoms. The molecule has 6 nitrogen and oxygen atoms in total. The first-order valence-electron chi connectivity index (χ1n) is 14.8. The summed E-state index contributed by atoms with van der Waals surface area (Å²) >= 11 is 0. The molecule has 1 aromatic carbocycles. The molecule has 2 heterocycles. The van der Waals surface area contributed by atoms with E-state index in [-0.39, 0.29) is 24.1 Å². The lowest BCUT2D eigenvalue weighted by Crippen LogP contribution is -2.39. The SMILES string of the molecule is COC(CN=C1CCC/C1=C(/N)C(=O)CCC1C[C@@H](C)O[C@@H](C)C1)C1CCN(c2cccc(C)c2C)CC1. The molecule has 1 saturated carbocycles. The number of benzene rings is 1. The molecule has 3 fully saturated rings. The molecule has 4 rings (SSSR count). The molecule has 38 heavy (non-hydrogen) atoms. The van der Waals surface area contributed by atoms with Crippen LogP contribution >= 0.6 is 0 Å². The van der Waals surface area contributed by atoms with E-state index < -0.39 is 0 Å². The lowest BCUT2D eigenvalue weighted by molar-refractivity contribution is -0.116. The maximum atomic E-state index is 13.0. The molecule has 1 aliphatic carbocycles. The fraction of sp³-hybridized carbons (Fsp3) is 0.688. The van der Waals surface area contributed by atoms with Gasteiger partial charge in [0.05, 0.1) is 30.6 Å². The number of piperidine rings is 1. The van der Waals surface area contributed by atoms with Gasteiger partial charge in [-0.2, -0.15) is 0 Å². The highest BCUT2D eigenvalue weighted by Crippen LogP contribution is 2.32. The molecule has 1 aromatic rings. The topological polar surface area (TPSA) is 77.2 Å². The number of hydrogen-bond acceptors (Lipinski definition) is 6. The normalized spacial score (nSPS) is 28.1. The van der Waals surface area contributed by atoms with Gasteiger partial charge < -0.3 is 20.1 Å². The molecule has 2 aliphatic heterocycles. The fourth-order valence-corrected chi connectivity index (χ4v) is 6.82. The van der Waals surface area contributed by atoms with Crippen LogP contribution in [-0.4, -0.2) is 56.6 Å². The van der Waals surface area contributed by atoms with Gasteiger partial charge in [-0.3, -0.25) is 9.79 Å². The van der Waals surface area contributed by atoms with E-state index in [0.29, 0.717) is 30.5 Å². The molecule has 0 aromatic heterocycles. The summed E-state index contributed by atoms with van der Waals surface area (Å²) in [5.74, 6) is 1.11. The summed E-state index contributed by atoms with van der Waals surface area (Å²) < 4.78 is 11.8. The first-order chi connectivity index (χ1) is 18.3. The van der Waals surface area contributed by atoms with E-state index >= 15 is 0 Å². The van der Waals surface area contributed by atoms with Crippen LogP contribution in [0.5, 0.6) is 0 Å². The minimum Gasteiger partial charge on any atom is -0.396 e. The fourth-order valence-electron chi connectivity index (χ4n) is 6.82. The lowest BCUT2D eigenvalue weighted by Gasteiger charge is -2.37. The van der Waals surface area contributed by atoms with Crippen molar-refractivity contribution in [2.45, 2.75) is 104 Å². The Morgan fingerprint density at radius 1 is 1.16 bits per heavy atom. The Hall–Kier alpha value is -2.18. The van der Waals surface area contributed by atoms with Crippen molar-refractivity contribution >= 4 is 17.2 Å². The van der Waals surface area contributed by atoms with E-state index in [1.807, 2.05) is 7.11 Å². The van der Waals surface area contributed by atoms with Crippen LogP contribution in [0.2, 0.25) is 0 Å². The van der Waals surface area contributed by atoms with Crippen LogP contribution in [0.15, 0.2) is 34.5 Å². The number of allylic oxidation sites excluding steroid dienone is 2. The highest BCUT2D eigenvalue weighted by atomic mass is 16.5. The molecule has 2 N–H and O–H groups in total. The van der Waals surface area contributed by atoms with Gasteiger partial charge >= 0.3 is 0 Å². The average molecular weight is 524 g/mol. The lowest BCUT2D eigenvalue weighted by atomic mass is 9.87. The summed E-state index contributed by atoms with van der Waals surface area (Å²) in [6.07, 6.45) is 9.09. The van der Waals surface area contributed by atoms with E-state index in [4.69, 9.17) is 20.2 Å². The van der Waals surface area contributed by atoms with Crippen molar-refractivity contribution in [3.8, 4) is 0 Å². The van der Waals surface area contributed by atoms with Gasteiger partial charge in [-0.1, -0.05) is 12.1 Å². The predicted molar refractivity (Wildman–Crippen MR) is 156 cm³/mol. The van der Waals surface area contributed by atoms with Crippen molar-refractivity contribution < 1.29 is 14.3 Å². The zero-order chi connectivity index (χ0) is 27.2. The van der Waals surface area contributed by atoms with Gasteiger partial charge in [0, 0.05) is 38.0 Å². The Balaban J connectivity index is 1.32. The number of methoxy groups -OCH3 is 1. The summed E-state index contributed by atoms with van der Waals surface area (Å²) in [7, 11) is 1.81. The number of rotatable bonds is 9. The molecule has 0 radical (unpaired) electrons. The second-order valence-corrected chi connectivity index (χ2v) is 11.9. The third-order valence-corrected chi connectivity index (χ3v) is 9.14. The molecule has 210 valence electrons. The second kappa shape index (κ2) is 13.3. The van der Waals surface area contributed by atoms with Gasteiger partial charge in [-0.15, -0.1) is 0 Å². The number of anilines is 1. The van der Waals surface area contributed by atoms with Crippen LogP contribution in [0.4, 0.5) is 5.69 Å². The number of nitrogens with two attached hydrogens (primary N) is 1. The average Bonchev–Trinajstić information content (AvgIpc) is 3.37. The van der Waals surface area contributed by atoms with Crippen LogP contribution in [0.25, 0.3) is 0 Å². The van der Waals surface area contributed by atoms with Crippen LogP contribution in [0, 0.1) is 25.7 Å². The Morgan fingerprint density at radius 2 is 1.87 bits per heavy atom. The minimum atomic E-state index is 0.0866. The van der Waals surface area contributed by atoms with Crippen molar-refractivity contribution in [2.24, 2.45) is 22.6 Å². The molecule has 4 atom stereocenters. The van der Waals surface area contributed by atoms with Crippen molar-refractivity contribution in [3.63, 3.8) is 0 Å². The molecule has 0 bridgehead atoms. The molecular formula is C32H49N3O3. The number of ether oxygens (including phenoxy) is 2. The van der Waals surface area contributed by atoms with Crippen molar-refractivity contribution in [1.29, 1.82) is 0 Å². The quantitative estimate of drug-likeness (QED) is 0.406. The first kappa shape index (κ1) is 28.8. The number of ketones is 1. The van der Waals surface area contributed by atoms with E-state index in [0.717, 1.165) is 75.7 Å². The Kier molecular flexibility index (Phi) is 10.1. The van der Waals surface area contributed by atoms with E-state index in [1.54, 1.807) is 0 Å². The van der Waals surface area contributed by atoms with Gasteiger partial charge in [0.15, 0.2) is 5.78 Å². The summed E-state index contributed by atoms with van der Waals surface area (Å²) in [5.41, 5.74) is 13.0. The smallest absolute Gasteiger partial charge is 0.178 e. The third-order valence-electron chi connectivity index (χ3n) is 9.14. The Bertz CT molecular complexity index is 1010. The highest BCUT2D eigenvalue weighted by Gasteiger charge is 2.29.